The highest BCUT2D eigenvalue weighted by Gasteiger charge is 2.40. The summed E-state index contributed by atoms with van der Waals surface area (Å²) in [4.78, 5) is 26.8. The van der Waals surface area contributed by atoms with Gasteiger partial charge in [-0.1, -0.05) is 23.7 Å². The molecule has 2 amide bonds. The molecule has 0 saturated carbocycles. The smallest absolute Gasteiger partial charge is 0.315 e. The van der Waals surface area contributed by atoms with Crippen molar-refractivity contribution in [3.8, 4) is 0 Å². The van der Waals surface area contributed by atoms with Crippen LogP contribution in [0.4, 0.5) is 18.0 Å². The van der Waals surface area contributed by atoms with Gasteiger partial charge in [-0.25, -0.2) is 0 Å². The standard InChI is InChI=1S/C23H18ClF3N4O2S/c24-16-3-2-14(18(9-16)23(25,26)27)12-30-19-4-1-13(7-15(19)10-29-30)8-20-21(32)31(22(33)34-20)17-5-6-28-11-17/h1-4,7-10,17,28H,5-6,11-12H2/b20-8-/t17-/m0/s1. The molecule has 6 nitrogen and oxygen atoms in total. The second-order valence-electron chi connectivity index (χ2n) is 8.12. The molecule has 3 aromatic rings. The van der Waals surface area contributed by atoms with Gasteiger partial charge >= 0.3 is 6.18 Å². The Kier molecular flexibility index (Phi) is 5.91. The Morgan fingerprint density at radius 2 is 2.03 bits per heavy atom. The molecule has 2 aliphatic heterocycles. The minimum atomic E-state index is -4.53. The van der Waals surface area contributed by atoms with Crippen LogP contribution in [0.3, 0.4) is 0 Å². The predicted molar refractivity (Wildman–Crippen MR) is 124 cm³/mol. The molecule has 11 heteroatoms. The number of hydrogen-bond acceptors (Lipinski definition) is 5. The first-order valence-electron chi connectivity index (χ1n) is 10.5. The summed E-state index contributed by atoms with van der Waals surface area (Å²) in [6, 6.07) is 8.83. The fourth-order valence-corrected chi connectivity index (χ4v) is 5.31. The lowest BCUT2D eigenvalue weighted by molar-refractivity contribution is -0.138. The minimum absolute atomic E-state index is 0.0136. The number of carbonyl (C=O) groups is 2. The van der Waals surface area contributed by atoms with E-state index in [1.807, 2.05) is 0 Å². The van der Waals surface area contributed by atoms with Gasteiger partial charge in [-0.3, -0.25) is 19.2 Å². The van der Waals surface area contributed by atoms with Crippen molar-refractivity contribution in [3.63, 3.8) is 0 Å². The molecule has 34 heavy (non-hydrogen) atoms. The molecule has 0 unspecified atom stereocenters. The highest BCUT2D eigenvalue weighted by Crippen LogP contribution is 2.36. The van der Waals surface area contributed by atoms with Gasteiger partial charge in [0, 0.05) is 17.0 Å². The van der Waals surface area contributed by atoms with Gasteiger partial charge in [-0.2, -0.15) is 18.3 Å². The molecule has 1 atom stereocenters. The number of nitrogens with one attached hydrogen (secondary N) is 1. The molecule has 0 aliphatic carbocycles. The van der Waals surface area contributed by atoms with Gasteiger partial charge in [0.1, 0.15) is 0 Å². The van der Waals surface area contributed by atoms with E-state index in [-0.39, 0.29) is 34.3 Å². The predicted octanol–water partition coefficient (Wildman–Crippen LogP) is 5.16. The number of imide groups is 1. The number of halogens is 4. The van der Waals surface area contributed by atoms with Gasteiger partial charge in [-0.15, -0.1) is 0 Å². The van der Waals surface area contributed by atoms with E-state index in [1.165, 1.54) is 21.7 Å². The van der Waals surface area contributed by atoms with Crippen LogP contribution in [-0.2, 0) is 17.5 Å². The Balaban J connectivity index is 1.41. The second kappa shape index (κ2) is 8.75. The molecule has 1 aromatic heterocycles. The third-order valence-corrected chi connectivity index (χ3v) is 7.00. The van der Waals surface area contributed by atoms with Crippen molar-refractivity contribution >= 4 is 51.5 Å². The Labute approximate surface area is 201 Å². The summed E-state index contributed by atoms with van der Waals surface area (Å²) in [7, 11) is 0. The van der Waals surface area contributed by atoms with E-state index >= 15 is 0 Å². The van der Waals surface area contributed by atoms with Gasteiger partial charge in [0.05, 0.1) is 34.8 Å². The summed E-state index contributed by atoms with van der Waals surface area (Å²) in [5.41, 5.74) is 0.601. The van der Waals surface area contributed by atoms with Crippen molar-refractivity contribution in [1.29, 1.82) is 0 Å². The zero-order chi connectivity index (χ0) is 24.0. The third-order valence-electron chi connectivity index (χ3n) is 5.88. The number of carbonyl (C=O) groups excluding carboxylic acids is 2. The fraction of sp³-hybridized carbons (Fsp3) is 0.261. The molecule has 1 N–H and O–H groups in total. The number of benzene rings is 2. The molecule has 3 heterocycles. The molecule has 5 rings (SSSR count). The summed E-state index contributed by atoms with van der Waals surface area (Å²) in [5, 5.41) is 7.85. The Hall–Kier alpha value is -2.82. The van der Waals surface area contributed by atoms with Crippen molar-refractivity contribution in [3.05, 3.63) is 69.2 Å². The van der Waals surface area contributed by atoms with E-state index in [9.17, 15) is 22.8 Å². The molecule has 0 bridgehead atoms. The quantitative estimate of drug-likeness (QED) is 0.495. The number of rotatable bonds is 4. The van der Waals surface area contributed by atoms with E-state index in [4.69, 9.17) is 11.6 Å². The average molecular weight is 507 g/mol. The van der Waals surface area contributed by atoms with Crippen LogP contribution in [0, 0.1) is 0 Å². The molecular formula is C23H18ClF3N4O2S. The van der Waals surface area contributed by atoms with Gasteiger partial charge in [0.25, 0.3) is 11.1 Å². The third kappa shape index (κ3) is 4.33. The maximum Gasteiger partial charge on any atom is 0.416 e. The maximum absolute atomic E-state index is 13.4. The number of fused-ring (bicyclic) bond motifs is 1. The van der Waals surface area contributed by atoms with Gasteiger partial charge < -0.3 is 5.32 Å². The molecule has 0 radical (unpaired) electrons. The first kappa shape index (κ1) is 22.9. The van der Waals surface area contributed by atoms with Crippen LogP contribution in [0.15, 0.2) is 47.5 Å². The molecule has 2 fully saturated rings. The highest BCUT2D eigenvalue weighted by molar-refractivity contribution is 8.18. The number of hydrogen-bond donors (Lipinski definition) is 1. The Morgan fingerprint density at radius 3 is 2.76 bits per heavy atom. The molecule has 176 valence electrons. The lowest BCUT2D eigenvalue weighted by atomic mass is 10.1. The molecule has 2 aliphatic rings. The summed E-state index contributed by atoms with van der Waals surface area (Å²) in [5.74, 6) is -0.304. The number of thioether (sulfide) groups is 1. The zero-order valence-electron chi connectivity index (χ0n) is 17.6. The SMILES string of the molecule is O=C1S/C(=C\c2ccc3c(cnn3Cc3ccc(Cl)cc3C(F)(F)F)c2)C(=O)N1[C@H]1CCNC1. The normalized spacial score (nSPS) is 20.3. The van der Waals surface area contributed by atoms with E-state index in [0.717, 1.165) is 30.8 Å². The molecule has 0 spiro atoms. The first-order valence-corrected chi connectivity index (χ1v) is 11.7. The molecular weight excluding hydrogens is 489 g/mol. The van der Waals surface area contributed by atoms with Crippen LogP contribution in [0.5, 0.6) is 0 Å². The van der Waals surface area contributed by atoms with E-state index < -0.39 is 11.7 Å². The average Bonchev–Trinajstić information content (AvgIpc) is 3.49. The maximum atomic E-state index is 13.4. The highest BCUT2D eigenvalue weighted by atomic mass is 35.5. The van der Waals surface area contributed by atoms with Crippen molar-refractivity contribution in [2.45, 2.75) is 25.2 Å². The van der Waals surface area contributed by atoms with Crippen molar-refractivity contribution in [2.75, 3.05) is 13.1 Å². The summed E-state index contributed by atoms with van der Waals surface area (Å²) < 4.78 is 41.8. The first-order chi connectivity index (χ1) is 16.2. The summed E-state index contributed by atoms with van der Waals surface area (Å²) in [6.45, 7) is 1.29. The van der Waals surface area contributed by atoms with Crippen LogP contribution >= 0.6 is 23.4 Å². The van der Waals surface area contributed by atoms with Gasteiger partial charge in [0.2, 0.25) is 0 Å². The lowest BCUT2D eigenvalue weighted by Crippen LogP contribution is -2.39. The van der Waals surface area contributed by atoms with Crippen LogP contribution in [0.2, 0.25) is 5.02 Å². The van der Waals surface area contributed by atoms with Gasteiger partial charge in [-0.05, 0) is 66.2 Å². The molecule has 2 saturated heterocycles. The molecule has 2 aromatic carbocycles. The second-order valence-corrected chi connectivity index (χ2v) is 9.55. The summed E-state index contributed by atoms with van der Waals surface area (Å²) in [6.07, 6.45) is -0.579. The van der Waals surface area contributed by atoms with Crippen LogP contribution in [-0.4, -0.2) is 45.0 Å². The number of alkyl halides is 3. The van der Waals surface area contributed by atoms with Crippen molar-refractivity contribution < 1.29 is 22.8 Å². The lowest BCUT2D eigenvalue weighted by Gasteiger charge is -2.19. The van der Waals surface area contributed by atoms with Crippen molar-refractivity contribution in [2.24, 2.45) is 0 Å². The largest absolute Gasteiger partial charge is 0.416 e. The fourth-order valence-electron chi connectivity index (χ4n) is 4.24. The van der Waals surface area contributed by atoms with E-state index in [2.05, 4.69) is 10.4 Å². The minimum Gasteiger partial charge on any atom is -0.315 e. The summed E-state index contributed by atoms with van der Waals surface area (Å²) >= 11 is 6.68. The van der Waals surface area contributed by atoms with Crippen LogP contribution < -0.4 is 5.32 Å². The van der Waals surface area contributed by atoms with Crippen LogP contribution in [0.25, 0.3) is 17.0 Å². The Morgan fingerprint density at radius 1 is 1.21 bits per heavy atom. The van der Waals surface area contributed by atoms with Crippen LogP contribution in [0.1, 0.15) is 23.1 Å². The topological polar surface area (TPSA) is 67.2 Å². The number of aromatic nitrogens is 2. The zero-order valence-corrected chi connectivity index (χ0v) is 19.2. The number of amides is 2. The van der Waals surface area contributed by atoms with E-state index in [0.29, 0.717) is 27.9 Å². The number of nitrogens with zero attached hydrogens (tertiary/aromatic N) is 3. The van der Waals surface area contributed by atoms with E-state index in [1.54, 1.807) is 30.5 Å². The monoisotopic (exact) mass is 506 g/mol. The Bertz CT molecular complexity index is 1330. The van der Waals surface area contributed by atoms with Gasteiger partial charge in [0.15, 0.2) is 0 Å². The van der Waals surface area contributed by atoms with Crippen molar-refractivity contribution in [1.82, 2.24) is 20.0 Å².